The summed E-state index contributed by atoms with van der Waals surface area (Å²) in [4.78, 5) is 24.0. The smallest absolute Gasteiger partial charge is 0.306 e. The predicted molar refractivity (Wildman–Crippen MR) is 94.3 cm³/mol. The fourth-order valence-corrected chi connectivity index (χ4v) is 3.30. The Morgan fingerprint density at radius 3 is 2.61 bits per heavy atom. The van der Waals surface area contributed by atoms with Gasteiger partial charge in [-0.15, -0.1) is 0 Å². The van der Waals surface area contributed by atoms with Crippen LogP contribution in [0.15, 0.2) is 18.2 Å². The molecule has 0 radical (unpaired) electrons. The third-order valence-electron chi connectivity index (χ3n) is 3.08. The van der Waals surface area contributed by atoms with Crippen LogP contribution in [0.3, 0.4) is 0 Å². The number of carbonyl (C=O) groups is 1. The van der Waals surface area contributed by atoms with Gasteiger partial charge in [0.25, 0.3) is 0 Å². The van der Waals surface area contributed by atoms with Crippen LogP contribution in [0.5, 0.6) is 0 Å². The first kappa shape index (κ1) is 19.3. The van der Waals surface area contributed by atoms with Crippen LogP contribution in [0.1, 0.15) is 20.8 Å². The number of hydrogen-bond acceptors (Lipinski definition) is 5. The molecule has 0 heterocycles. The van der Waals surface area contributed by atoms with Gasteiger partial charge in [-0.1, -0.05) is 24.0 Å². The molecule has 6 nitrogen and oxygen atoms in total. The van der Waals surface area contributed by atoms with Gasteiger partial charge in [-0.25, -0.2) is 0 Å². The molecule has 23 heavy (non-hydrogen) atoms. The minimum absolute atomic E-state index is 0.171. The molecule has 0 unspecified atom stereocenters. The lowest BCUT2D eigenvalue weighted by Gasteiger charge is -2.22. The van der Waals surface area contributed by atoms with Crippen molar-refractivity contribution in [2.24, 2.45) is 0 Å². The highest BCUT2D eigenvalue weighted by atomic mass is 32.2. The SMILES string of the molecule is CCN(CC)C(=S)S[C@@H](C)C(=O)Nc1ccc(F)c([N+](=O)[O-])c1. The van der Waals surface area contributed by atoms with E-state index in [1.165, 1.54) is 17.8 Å². The average molecular weight is 359 g/mol. The zero-order valence-corrected chi connectivity index (χ0v) is 14.7. The molecular weight excluding hydrogens is 341 g/mol. The maximum atomic E-state index is 13.3. The fourth-order valence-electron chi connectivity index (χ4n) is 1.74. The van der Waals surface area contributed by atoms with Crippen molar-refractivity contribution < 1.29 is 14.1 Å². The van der Waals surface area contributed by atoms with Gasteiger partial charge in [0.05, 0.1) is 10.2 Å². The van der Waals surface area contributed by atoms with Crippen LogP contribution < -0.4 is 5.32 Å². The molecule has 1 amide bonds. The Bertz CT molecular complexity index is 609. The molecule has 1 N–H and O–H groups in total. The van der Waals surface area contributed by atoms with E-state index in [4.69, 9.17) is 12.2 Å². The van der Waals surface area contributed by atoms with Crippen LogP contribution in [0.25, 0.3) is 0 Å². The number of nitrogens with zero attached hydrogens (tertiary/aromatic N) is 2. The van der Waals surface area contributed by atoms with E-state index in [2.05, 4.69) is 5.32 Å². The highest BCUT2D eigenvalue weighted by Gasteiger charge is 2.20. The topological polar surface area (TPSA) is 75.5 Å². The summed E-state index contributed by atoms with van der Waals surface area (Å²) >= 11 is 6.51. The van der Waals surface area contributed by atoms with Gasteiger partial charge in [-0.2, -0.15) is 4.39 Å². The molecule has 0 aliphatic carbocycles. The maximum Gasteiger partial charge on any atom is 0.306 e. The molecule has 1 aromatic rings. The molecule has 1 rings (SSSR count). The monoisotopic (exact) mass is 359 g/mol. The molecule has 0 aliphatic rings. The number of halogens is 1. The quantitative estimate of drug-likeness (QED) is 0.476. The number of carbonyl (C=O) groups excluding carboxylic acids is 1. The van der Waals surface area contributed by atoms with Crippen molar-refractivity contribution in [1.82, 2.24) is 4.90 Å². The van der Waals surface area contributed by atoms with Gasteiger partial charge in [0.2, 0.25) is 11.7 Å². The number of thiocarbonyl (C=S) groups is 1. The third-order valence-corrected chi connectivity index (χ3v) is 4.65. The Morgan fingerprint density at radius 1 is 1.48 bits per heavy atom. The number of nitro groups is 1. The summed E-state index contributed by atoms with van der Waals surface area (Å²) in [6.07, 6.45) is 0. The fraction of sp³-hybridized carbons (Fsp3) is 0.429. The standard InChI is InChI=1S/C14H18FN3O3S2/c1-4-17(5-2)14(22)23-9(3)13(19)16-10-6-7-11(15)12(8-10)18(20)21/h6-9H,4-5H2,1-3H3,(H,16,19)/t9-/m0/s1. The maximum absolute atomic E-state index is 13.3. The zero-order valence-electron chi connectivity index (χ0n) is 13.0. The van der Waals surface area contributed by atoms with Crippen LogP contribution in [0, 0.1) is 15.9 Å². The van der Waals surface area contributed by atoms with Gasteiger partial charge < -0.3 is 10.2 Å². The van der Waals surface area contributed by atoms with Gasteiger partial charge in [-0.3, -0.25) is 14.9 Å². The number of amides is 1. The summed E-state index contributed by atoms with van der Waals surface area (Å²) in [6, 6.07) is 3.22. The number of hydrogen-bond donors (Lipinski definition) is 1. The Balaban J connectivity index is 2.74. The van der Waals surface area contributed by atoms with Crippen molar-refractivity contribution in [3.63, 3.8) is 0 Å². The molecule has 0 bridgehead atoms. The van der Waals surface area contributed by atoms with Gasteiger partial charge in [-0.05, 0) is 32.9 Å². The van der Waals surface area contributed by atoms with Gasteiger partial charge in [0, 0.05) is 24.8 Å². The molecule has 0 fully saturated rings. The summed E-state index contributed by atoms with van der Waals surface area (Å²) in [5.74, 6) is -1.30. The van der Waals surface area contributed by atoms with E-state index in [1.807, 2.05) is 18.7 Å². The molecule has 1 atom stereocenters. The number of nitrogens with one attached hydrogen (secondary N) is 1. The lowest BCUT2D eigenvalue weighted by molar-refractivity contribution is -0.387. The molecule has 0 aliphatic heterocycles. The molecule has 1 aromatic carbocycles. The van der Waals surface area contributed by atoms with E-state index >= 15 is 0 Å². The molecule has 0 spiro atoms. The highest BCUT2D eigenvalue weighted by molar-refractivity contribution is 8.23. The van der Waals surface area contributed by atoms with E-state index in [0.717, 1.165) is 25.2 Å². The molecule has 126 valence electrons. The number of anilines is 1. The molecular formula is C14H18FN3O3S2. The van der Waals surface area contributed by atoms with Crippen molar-refractivity contribution >= 4 is 45.6 Å². The minimum Gasteiger partial charge on any atom is -0.358 e. The highest BCUT2D eigenvalue weighted by Crippen LogP contribution is 2.23. The Morgan fingerprint density at radius 2 is 2.09 bits per heavy atom. The lowest BCUT2D eigenvalue weighted by Crippen LogP contribution is -2.31. The second-order valence-corrected chi connectivity index (χ2v) is 6.59. The minimum atomic E-state index is -0.946. The number of nitro benzene ring substituents is 1. The van der Waals surface area contributed by atoms with Crippen molar-refractivity contribution in [2.45, 2.75) is 26.0 Å². The van der Waals surface area contributed by atoms with E-state index < -0.39 is 21.7 Å². The first-order chi connectivity index (χ1) is 10.8. The summed E-state index contributed by atoms with van der Waals surface area (Å²) < 4.78 is 13.9. The molecule has 0 saturated carbocycles. The molecule has 0 aromatic heterocycles. The van der Waals surface area contributed by atoms with Crippen molar-refractivity contribution in [2.75, 3.05) is 18.4 Å². The summed E-state index contributed by atoms with van der Waals surface area (Å²) in [6.45, 7) is 7.13. The predicted octanol–water partition coefficient (Wildman–Crippen LogP) is 3.42. The molecule has 0 saturated heterocycles. The normalized spacial score (nSPS) is 11.7. The van der Waals surface area contributed by atoms with E-state index in [0.29, 0.717) is 4.32 Å². The van der Waals surface area contributed by atoms with Crippen LogP contribution in [0.2, 0.25) is 0 Å². The number of benzene rings is 1. The zero-order chi connectivity index (χ0) is 17.6. The van der Waals surface area contributed by atoms with Crippen LogP contribution in [0.4, 0.5) is 15.8 Å². The second kappa shape index (κ2) is 8.78. The first-order valence-electron chi connectivity index (χ1n) is 7.00. The van der Waals surface area contributed by atoms with E-state index in [-0.39, 0.29) is 11.6 Å². The van der Waals surface area contributed by atoms with Crippen LogP contribution in [-0.4, -0.2) is 38.4 Å². The van der Waals surface area contributed by atoms with Gasteiger partial charge in [0.1, 0.15) is 4.32 Å². The summed E-state index contributed by atoms with van der Waals surface area (Å²) in [5, 5.41) is 12.8. The third kappa shape index (κ3) is 5.43. The van der Waals surface area contributed by atoms with Crippen molar-refractivity contribution in [1.29, 1.82) is 0 Å². The van der Waals surface area contributed by atoms with E-state index in [9.17, 15) is 19.3 Å². The van der Waals surface area contributed by atoms with Gasteiger partial charge >= 0.3 is 5.69 Å². The number of rotatable bonds is 6. The number of thioether (sulfide) groups is 1. The average Bonchev–Trinajstić information content (AvgIpc) is 2.49. The Hall–Kier alpha value is -1.74. The second-order valence-electron chi connectivity index (χ2n) is 4.61. The molecule has 9 heteroatoms. The largest absolute Gasteiger partial charge is 0.358 e. The first-order valence-corrected chi connectivity index (χ1v) is 8.29. The Kier molecular flexibility index (Phi) is 7.37. The lowest BCUT2D eigenvalue weighted by atomic mass is 10.2. The van der Waals surface area contributed by atoms with Crippen molar-refractivity contribution in [3.8, 4) is 0 Å². The van der Waals surface area contributed by atoms with Crippen LogP contribution in [-0.2, 0) is 4.79 Å². The Labute approximate surface area is 143 Å². The summed E-state index contributed by atoms with van der Waals surface area (Å²) in [7, 11) is 0. The van der Waals surface area contributed by atoms with Gasteiger partial charge in [0.15, 0.2) is 0 Å². The van der Waals surface area contributed by atoms with Crippen LogP contribution >= 0.6 is 24.0 Å². The summed E-state index contributed by atoms with van der Waals surface area (Å²) in [5.41, 5.74) is -0.508. The van der Waals surface area contributed by atoms with E-state index in [1.54, 1.807) is 6.92 Å². The van der Waals surface area contributed by atoms with Crippen molar-refractivity contribution in [3.05, 3.63) is 34.1 Å².